The number of hydrogen-bond donors (Lipinski definition) is 1. The average Bonchev–Trinajstić information content (AvgIpc) is 3.01. The largest absolute Gasteiger partial charge is 0.507 e. The van der Waals surface area contributed by atoms with Crippen molar-refractivity contribution in [1.82, 2.24) is 0 Å². The van der Waals surface area contributed by atoms with Crippen molar-refractivity contribution in [3.63, 3.8) is 0 Å². The Kier molecular flexibility index (Phi) is 5.19. The molecule has 4 rings (SSSR count). The van der Waals surface area contributed by atoms with E-state index < -0.39 is 23.5 Å². The number of anilines is 1. The summed E-state index contributed by atoms with van der Waals surface area (Å²) in [5, 5.41) is 11.2. The first-order valence-corrected chi connectivity index (χ1v) is 9.99. The average molecular weight is 415 g/mol. The minimum absolute atomic E-state index is 0.121. The quantitative estimate of drug-likeness (QED) is 0.355. The third kappa shape index (κ3) is 3.52. The molecule has 31 heavy (non-hydrogen) atoms. The molecule has 1 aliphatic heterocycles. The van der Waals surface area contributed by atoms with Gasteiger partial charge in [0.15, 0.2) is 0 Å². The van der Waals surface area contributed by atoms with Gasteiger partial charge in [-0.25, -0.2) is 4.39 Å². The summed E-state index contributed by atoms with van der Waals surface area (Å²) in [6.45, 7) is 5.59. The summed E-state index contributed by atoms with van der Waals surface area (Å²) in [5.74, 6) is -2.50. The number of carbonyl (C=O) groups excluding carboxylic acids is 2. The number of aliphatic hydroxyl groups excluding tert-OH is 1. The number of amides is 1. The molecule has 1 heterocycles. The van der Waals surface area contributed by atoms with Crippen LogP contribution in [-0.2, 0) is 9.59 Å². The van der Waals surface area contributed by atoms with Crippen molar-refractivity contribution < 1.29 is 19.1 Å². The van der Waals surface area contributed by atoms with Gasteiger partial charge in [0.2, 0.25) is 0 Å². The molecule has 1 saturated heterocycles. The molecule has 1 N–H and O–H groups in total. The first-order chi connectivity index (χ1) is 14.8. The smallest absolute Gasteiger partial charge is 0.300 e. The number of halogens is 1. The van der Waals surface area contributed by atoms with E-state index in [1.807, 2.05) is 45.0 Å². The highest BCUT2D eigenvalue weighted by Gasteiger charge is 2.47. The van der Waals surface area contributed by atoms with Gasteiger partial charge in [0.05, 0.1) is 11.6 Å². The third-order valence-corrected chi connectivity index (χ3v) is 5.60. The number of nitrogens with zero attached hydrogens (tertiary/aromatic N) is 1. The number of ketones is 1. The van der Waals surface area contributed by atoms with E-state index in [2.05, 4.69) is 0 Å². The summed E-state index contributed by atoms with van der Waals surface area (Å²) in [6, 6.07) is 17.5. The van der Waals surface area contributed by atoms with Gasteiger partial charge in [-0.2, -0.15) is 0 Å². The standard InChI is InChI=1S/C26H22FNO3/c1-15-9-12-18(13-10-15)28-23(19-6-4-5-7-21(19)27)22(25(30)26(28)31)24(29)20-14-16(2)8-11-17(20)3/h4-14,23,29H,1-3H3/b24-22+. The summed E-state index contributed by atoms with van der Waals surface area (Å²) in [4.78, 5) is 27.5. The molecular weight excluding hydrogens is 393 g/mol. The lowest BCUT2D eigenvalue weighted by Crippen LogP contribution is -2.29. The molecule has 0 bridgehead atoms. The Bertz CT molecular complexity index is 1230. The molecule has 0 aliphatic carbocycles. The van der Waals surface area contributed by atoms with Gasteiger partial charge in [0, 0.05) is 16.8 Å². The zero-order valence-corrected chi connectivity index (χ0v) is 17.5. The molecule has 0 aromatic heterocycles. The van der Waals surface area contributed by atoms with Crippen LogP contribution in [0.4, 0.5) is 10.1 Å². The number of Topliss-reactive ketones (excluding diaryl/α,β-unsaturated/α-hetero) is 1. The molecule has 156 valence electrons. The third-order valence-electron chi connectivity index (χ3n) is 5.60. The maximum atomic E-state index is 14.9. The SMILES string of the molecule is Cc1ccc(N2C(=O)C(=O)/C(=C(/O)c3cc(C)ccc3C)C2c2ccccc2F)cc1. The molecule has 5 heteroatoms. The topological polar surface area (TPSA) is 57.6 Å². The Hall–Kier alpha value is -3.73. The van der Waals surface area contributed by atoms with Crippen LogP contribution in [0.25, 0.3) is 5.76 Å². The normalized spacial score (nSPS) is 17.9. The van der Waals surface area contributed by atoms with Crippen molar-refractivity contribution in [1.29, 1.82) is 0 Å². The minimum atomic E-state index is -1.08. The molecule has 4 nitrogen and oxygen atoms in total. The van der Waals surface area contributed by atoms with Gasteiger partial charge in [-0.3, -0.25) is 14.5 Å². The van der Waals surface area contributed by atoms with Gasteiger partial charge in [0.1, 0.15) is 11.6 Å². The van der Waals surface area contributed by atoms with Crippen LogP contribution in [0, 0.1) is 26.6 Å². The number of rotatable bonds is 3. The molecule has 0 saturated carbocycles. The highest BCUT2D eigenvalue weighted by Crippen LogP contribution is 2.43. The molecule has 1 aliphatic rings. The van der Waals surface area contributed by atoms with Crippen LogP contribution in [0.15, 0.2) is 72.3 Å². The summed E-state index contributed by atoms with van der Waals surface area (Å²) in [7, 11) is 0. The monoisotopic (exact) mass is 415 g/mol. The highest BCUT2D eigenvalue weighted by atomic mass is 19.1. The molecule has 1 unspecified atom stereocenters. The Balaban J connectivity index is 2.00. The summed E-state index contributed by atoms with van der Waals surface area (Å²) < 4.78 is 14.9. The van der Waals surface area contributed by atoms with E-state index in [1.165, 1.54) is 17.0 Å². The highest BCUT2D eigenvalue weighted by molar-refractivity contribution is 6.51. The lowest BCUT2D eigenvalue weighted by Gasteiger charge is -2.26. The van der Waals surface area contributed by atoms with Crippen molar-refractivity contribution in [3.8, 4) is 0 Å². The van der Waals surface area contributed by atoms with Gasteiger partial charge < -0.3 is 5.11 Å². The van der Waals surface area contributed by atoms with Crippen LogP contribution in [0.5, 0.6) is 0 Å². The fourth-order valence-corrected chi connectivity index (χ4v) is 3.93. The zero-order valence-electron chi connectivity index (χ0n) is 17.5. The van der Waals surface area contributed by atoms with Crippen molar-refractivity contribution in [2.24, 2.45) is 0 Å². The summed E-state index contributed by atoms with van der Waals surface area (Å²) >= 11 is 0. The second-order valence-electron chi connectivity index (χ2n) is 7.84. The van der Waals surface area contributed by atoms with Crippen LogP contribution in [0.1, 0.15) is 33.9 Å². The van der Waals surface area contributed by atoms with Crippen LogP contribution < -0.4 is 4.90 Å². The van der Waals surface area contributed by atoms with Gasteiger partial charge in [-0.1, -0.05) is 53.6 Å². The lowest BCUT2D eigenvalue weighted by atomic mass is 9.93. The fourth-order valence-electron chi connectivity index (χ4n) is 3.93. The Labute approximate surface area is 180 Å². The molecule has 1 fully saturated rings. The molecule has 0 spiro atoms. The number of aryl methyl sites for hydroxylation is 3. The van der Waals surface area contributed by atoms with E-state index in [1.54, 1.807) is 30.3 Å². The molecular formula is C26H22FNO3. The zero-order chi connectivity index (χ0) is 22.3. The Morgan fingerprint density at radius 1 is 0.903 bits per heavy atom. The van der Waals surface area contributed by atoms with E-state index >= 15 is 0 Å². The second kappa shape index (κ2) is 7.84. The van der Waals surface area contributed by atoms with E-state index in [-0.39, 0.29) is 16.9 Å². The summed E-state index contributed by atoms with van der Waals surface area (Å²) in [6.07, 6.45) is 0. The van der Waals surface area contributed by atoms with E-state index in [0.717, 1.165) is 16.7 Å². The van der Waals surface area contributed by atoms with Crippen LogP contribution >= 0.6 is 0 Å². The van der Waals surface area contributed by atoms with Gasteiger partial charge >= 0.3 is 0 Å². The maximum absolute atomic E-state index is 14.9. The predicted molar refractivity (Wildman–Crippen MR) is 118 cm³/mol. The fraction of sp³-hybridized carbons (Fsp3) is 0.154. The Morgan fingerprint density at radius 2 is 1.55 bits per heavy atom. The van der Waals surface area contributed by atoms with E-state index in [0.29, 0.717) is 11.3 Å². The van der Waals surface area contributed by atoms with Gasteiger partial charge in [0.25, 0.3) is 11.7 Å². The lowest BCUT2D eigenvalue weighted by molar-refractivity contribution is -0.132. The number of hydrogen-bond acceptors (Lipinski definition) is 3. The maximum Gasteiger partial charge on any atom is 0.300 e. The molecule has 1 atom stereocenters. The first-order valence-electron chi connectivity index (χ1n) is 9.99. The van der Waals surface area contributed by atoms with Gasteiger partial charge in [-0.05, 0) is 50.6 Å². The molecule has 1 amide bonds. The van der Waals surface area contributed by atoms with Crippen LogP contribution in [0.2, 0.25) is 0 Å². The predicted octanol–water partition coefficient (Wildman–Crippen LogP) is 5.38. The van der Waals surface area contributed by atoms with Crippen molar-refractivity contribution >= 4 is 23.1 Å². The van der Waals surface area contributed by atoms with E-state index in [4.69, 9.17) is 0 Å². The first kappa shape index (κ1) is 20.5. The number of aliphatic hydroxyl groups is 1. The number of benzene rings is 3. The van der Waals surface area contributed by atoms with Crippen molar-refractivity contribution in [3.05, 3.63) is 106 Å². The van der Waals surface area contributed by atoms with Crippen LogP contribution in [0.3, 0.4) is 0 Å². The van der Waals surface area contributed by atoms with Crippen molar-refractivity contribution in [2.45, 2.75) is 26.8 Å². The second-order valence-corrected chi connectivity index (χ2v) is 7.84. The summed E-state index contributed by atoms with van der Waals surface area (Å²) in [5.41, 5.74) is 3.56. The van der Waals surface area contributed by atoms with Gasteiger partial charge in [-0.15, -0.1) is 0 Å². The van der Waals surface area contributed by atoms with Crippen molar-refractivity contribution in [2.75, 3.05) is 4.90 Å². The molecule has 0 radical (unpaired) electrons. The molecule has 3 aromatic carbocycles. The number of carbonyl (C=O) groups is 2. The molecule has 3 aromatic rings. The van der Waals surface area contributed by atoms with E-state index in [9.17, 15) is 19.1 Å². The minimum Gasteiger partial charge on any atom is -0.507 e. The Morgan fingerprint density at radius 3 is 2.23 bits per heavy atom. The van der Waals surface area contributed by atoms with Crippen LogP contribution in [-0.4, -0.2) is 16.8 Å².